The van der Waals surface area contributed by atoms with Crippen LogP contribution in [0.1, 0.15) is 25.5 Å². The van der Waals surface area contributed by atoms with Crippen molar-refractivity contribution < 1.29 is 19.4 Å². The quantitative estimate of drug-likeness (QED) is 0.867. The monoisotopic (exact) mass is 278 g/mol. The molecule has 108 valence electrons. The van der Waals surface area contributed by atoms with Gasteiger partial charge in [-0.05, 0) is 24.6 Å². The Morgan fingerprint density at radius 3 is 2.70 bits per heavy atom. The van der Waals surface area contributed by atoms with Gasteiger partial charge in [-0.2, -0.15) is 0 Å². The zero-order valence-corrected chi connectivity index (χ0v) is 11.5. The highest BCUT2D eigenvalue weighted by Crippen LogP contribution is 2.23. The first-order chi connectivity index (χ1) is 9.47. The third-order valence-electron chi connectivity index (χ3n) is 3.14. The first-order valence-corrected chi connectivity index (χ1v) is 6.48. The molecule has 2 N–H and O–H groups in total. The maximum atomic E-state index is 11.8. The van der Waals surface area contributed by atoms with Crippen molar-refractivity contribution in [2.24, 2.45) is 0 Å². The molecule has 0 spiro atoms. The number of anilines is 1. The summed E-state index contributed by atoms with van der Waals surface area (Å²) in [6, 6.07) is 7.08. The Labute approximate surface area is 117 Å². The van der Waals surface area contributed by atoms with E-state index in [0.29, 0.717) is 18.8 Å². The predicted octanol–water partition coefficient (Wildman–Crippen LogP) is 1.20. The second-order valence-corrected chi connectivity index (χ2v) is 4.82. The fourth-order valence-corrected chi connectivity index (χ4v) is 2.03. The summed E-state index contributed by atoms with van der Waals surface area (Å²) in [5, 5.41) is 12.1. The number of ether oxygens (including phenoxy) is 1. The van der Waals surface area contributed by atoms with Crippen molar-refractivity contribution in [2.75, 3.05) is 18.0 Å². The summed E-state index contributed by atoms with van der Waals surface area (Å²) in [4.78, 5) is 24.1. The largest absolute Gasteiger partial charge is 0.442 e. The summed E-state index contributed by atoms with van der Waals surface area (Å²) in [5.74, 6) is -0.152. The Kier molecular flexibility index (Phi) is 4.24. The van der Waals surface area contributed by atoms with Crippen LogP contribution in [0, 0.1) is 0 Å². The Hall–Kier alpha value is -2.08. The van der Waals surface area contributed by atoms with Crippen molar-refractivity contribution in [2.45, 2.75) is 26.1 Å². The highest BCUT2D eigenvalue weighted by atomic mass is 16.6. The number of hydrogen-bond donors (Lipinski definition) is 2. The molecule has 1 aliphatic rings. The summed E-state index contributed by atoms with van der Waals surface area (Å²) in [6.45, 7) is 3.81. The van der Waals surface area contributed by atoms with Crippen molar-refractivity contribution in [3.05, 3.63) is 29.8 Å². The molecule has 2 atom stereocenters. The number of benzene rings is 1. The summed E-state index contributed by atoms with van der Waals surface area (Å²) in [5.41, 5.74) is 1.50. The number of carbonyl (C=O) groups is 2. The van der Waals surface area contributed by atoms with E-state index < -0.39 is 12.2 Å². The molecule has 1 heterocycles. The lowest BCUT2D eigenvalue weighted by Crippen LogP contribution is -2.33. The molecule has 6 heteroatoms. The summed E-state index contributed by atoms with van der Waals surface area (Å²) < 4.78 is 5.18. The first-order valence-electron chi connectivity index (χ1n) is 6.48. The van der Waals surface area contributed by atoms with Crippen LogP contribution in [0.2, 0.25) is 0 Å². The molecule has 0 aromatic heterocycles. The lowest BCUT2D eigenvalue weighted by Gasteiger charge is -2.14. The van der Waals surface area contributed by atoms with Crippen LogP contribution >= 0.6 is 0 Å². The Bertz CT molecular complexity index is 498. The van der Waals surface area contributed by atoms with Crippen molar-refractivity contribution in [3.63, 3.8) is 0 Å². The highest BCUT2D eigenvalue weighted by Gasteiger charge is 2.32. The molecule has 1 aromatic rings. The fraction of sp³-hybridized carbons (Fsp3) is 0.429. The topological polar surface area (TPSA) is 78.9 Å². The second-order valence-electron chi connectivity index (χ2n) is 4.82. The highest BCUT2D eigenvalue weighted by molar-refractivity contribution is 5.89. The first kappa shape index (κ1) is 14.3. The van der Waals surface area contributed by atoms with Crippen LogP contribution in [-0.2, 0) is 9.53 Å². The zero-order chi connectivity index (χ0) is 14.7. The van der Waals surface area contributed by atoms with Gasteiger partial charge >= 0.3 is 6.09 Å². The fourth-order valence-electron chi connectivity index (χ4n) is 2.03. The van der Waals surface area contributed by atoms with Crippen molar-refractivity contribution >= 4 is 17.7 Å². The molecular weight excluding hydrogens is 260 g/mol. The molecule has 0 aliphatic carbocycles. The van der Waals surface area contributed by atoms with Crippen LogP contribution < -0.4 is 10.2 Å². The molecule has 0 saturated carbocycles. The van der Waals surface area contributed by atoms with Gasteiger partial charge in [-0.15, -0.1) is 0 Å². The van der Waals surface area contributed by atoms with Crippen LogP contribution in [-0.4, -0.2) is 36.3 Å². The zero-order valence-electron chi connectivity index (χ0n) is 11.5. The molecule has 1 unspecified atom stereocenters. The average molecular weight is 278 g/mol. The van der Waals surface area contributed by atoms with Gasteiger partial charge in [-0.1, -0.05) is 12.1 Å². The summed E-state index contributed by atoms with van der Waals surface area (Å²) in [7, 11) is 0. The number of amides is 2. The molecule has 2 rings (SSSR count). The van der Waals surface area contributed by atoms with E-state index in [2.05, 4.69) is 5.32 Å². The number of aliphatic hydroxyl groups excluding tert-OH is 1. The van der Waals surface area contributed by atoms with Gasteiger partial charge in [-0.25, -0.2) is 4.79 Å². The number of carbonyl (C=O) groups excluding carboxylic acids is 2. The maximum Gasteiger partial charge on any atom is 0.414 e. The minimum absolute atomic E-state index is 0.152. The normalized spacial score (nSPS) is 19.6. The van der Waals surface area contributed by atoms with Gasteiger partial charge in [0.15, 0.2) is 0 Å². The Morgan fingerprint density at radius 1 is 1.50 bits per heavy atom. The summed E-state index contributed by atoms with van der Waals surface area (Å²) >= 11 is 0. The second kappa shape index (κ2) is 5.92. The number of nitrogens with zero attached hydrogens (tertiary/aromatic N) is 1. The minimum Gasteiger partial charge on any atom is -0.442 e. The van der Waals surface area contributed by atoms with E-state index in [-0.39, 0.29) is 12.0 Å². The number of cyclic esters (lactones) is 1. The maximum absolute atomic E-state index is 11.8. The third-order valence-corrected chi connectivity index (χ3v) is 3.14. The number of rotatable bonds is 4. The molecule has 1 aromatic carbocycles. The lowest BCUT2D eigenvalue weighted by molar-refractivity contribution is -0.119. The molecule has 0 radical (unpaired) electrons. The molecule has 1 saturated heterocycles. The molecule has 20 heavy (non-hydrogen) atoms. The van der Waals surface area contributed by atoms with Crippen molar-refractivity contribution in [1.82, 2.24) is 5.32 Å². The molecule has 1 fully saturated rings. The van der Waals surface area contributed by atoms with Gasteiger partial charge < -0.3 is 15.2 Å². The predicted molar refractivity (Wildman–Crippen MR) is 73.4 cm³/mol. The van der Waals surface area contributed by atoms with E-state index in [9.17, 15) is 14.7 Å². The minimum atomic E-state index is -0.540. The van der Waals surface area contributed by atoms with Gasteiger partial charge in [0.05, 0.1) is 19.2 Å². The van der Waals surface area contributed by atoms with Gasteiger partial charge in [0, 0.05) is 12.6 Å². The van der Waals surface area contributed by atoms with E-state index in [1.807, 2.05) is 0 Å². The van der Waals surface area contributed by atoms with E-state index in [1.165, 1.54) is 11.8 Å². The lowest BCUT2D eigenvalue weighted by atomic mass is 10.1. The van der Waals surface area contributed by atoms with Gasteiger partial charge in [0.25, 0.3) is 0 Å². The van der Waals surface area contributed by atoms with E-state index in [0.717, 1.165) is 5.56 Å². The Morgan fingerprint density at radius 2 is 2.15 bits per heavy atom. The molecule has 0 bridgehead atoms. The Balaban J connectivity index is 2.02. The van der Waals surface area contributed by atoms with Crippen molar-refractivity contribution in [1.29, 1.82) is 0 Å². The molecule has 2 amide bonds. The van der Waals surface area contributed by atoms with Gasteiger partial charge in [0.2, 0.25) is 5.91 Å². The van der Waals surface area contributed by atoms with Crippen LogP contribution in [0.4, 0.5) is 10.5 Å². The summed E-state index contributed by atoms with van der Waals surface area (Å²) in [6.07, 6.45) is -1.31. The molecule has 1 aliphatic heterocycles. The van der Waals surface area contributed by atoms with Crippen LogP contribution in [0.25, 0.3) is 0 Å². The number of nitrogens with one attached hydrogen (secondary N) is 1. The molecular formula is C14H18N2O4. The van der Waals surface area contributed by atoms with E-state index in [4.69, 9.17) is 4.74 Å². The SMILES string of the molecule is CC(=O)NC[C@H]1CN(c2ccc(C(C)O)cc2)C(=O)O1. The standard InChI is InChI=1S/C14H18N2O4/c1-9(17)11-3-5-12(6-4-11)16-8-13(20-14(16)19)7-15-10(2)18/h3-6,9,13,17H,7-8H2,1-2H3,(H,15,18)/t9?,13-/m0/s1. The smallest absolute Gasteiger partial charge is 0.414 e. The van der Waals surface area contributed by atoms with Crippen molar-refractivity contribution in [3.8, 4) is 0 Å². The number of aliphatic hydroxyl groups is 1. The van der Waals surface area contributed by atoms with Gasteiger partial charge in [0.1, 0.15) is 6.10 Å². The average Bonchev–Trinajstić information content (AvgIpc) is 2.78. The van der Waals surface area contributed by atoms with Crippen LogP contribution in [0.5, 0.6) is 0 Å². The third kappa shape index (κ3) is 3.27. The molecule has 6 nitrogen and oxygen atoms in total. The van der Waals surface area contributed by atoms with Gasteiger partial charge in [-0.3, -0.25) is 9.69 Å². The number of hydrogen-bond acceptors (Lipinski definition) is 4. The van der Waals surface area contributed by atoms with Crippen LogP contribution in [0.15, 0.2) is 24.3 Å². The van der Waals surface area contributed by atoms with E-state index in [1.54, 1.807) is 31.2 Å². The van der Waals surface area contributed by atoms with Crippen LogP contribution in [0.3, 0.4) is 0 Å². The van der Waals surface area contributed by atoms with E-state index >= 15 is 0 Å².